The second-order valence-corrected chi connectivity index (χ2v) is 9.11. The van der Waals surface area contributed by atoms with E-state index in [4.69, 9.17) is 0 Å². The fraction of sp³-hybridized carbons (Fsp3) is 0.381. The van der Waals surface area contributed by atoms with Crippen molar-refractivity contribution in [3.63, 3.8) is 0 Å². The molecule has 144 valence electrons. The molecular formula is C21H26N2O3S. The molecule has 27 heavy (non-hydrogen) atoms. The normalized spacial score (nSPS) is 17.6. The smallest absolute Gasteiger partial charge is 0.261 e. The van der Waals surface area contributed by atoms with Gasteiger partial charge < -0.3 is 4.90 Å². The number of aryl methyl sites for hydroxylation is 2. The van der Waals surface area contributed by atoms with Crippen LogP contribution in [0.5, 0.6) is 0 Å². The summed E-state index contributed by atoms with van der Waals surface area (Å²) in [7, 11) is -3.69. The molecule has 0 saturated carbocycles. The maximum atomic E-state index is 12.6. The predicted molar refractivity (Wildman–Crippen MR) is 107 cm³/mol. The Kier molecular flexibility index (Phi) is 5.56. The topological polar surface area (TPSA) is 66.5 Å². The number of nitrogens with one attached hydrogen (secondary N) is 1. The van der Waals surface area contributed by atoms with Crippen molar-refractivity contribution in [3.05, 3.63) is 59.2 Å². The summed E-state index contributed by atoms with van der Waals surface area (Å²) < 4.78 is 27.8. The van der Waals surface area contributed by atoms with Gasteiger partial charge in [-0.3, -0.25) is 9.52 Å². The molecule has 1 amide bonds. The van der Waals surface area contributed by atoms with Crippen LogP contribution in [0.2, 0.25) is 0 Å². The summed E-state index contributed by atoms with van der Waals surface area (Å²) in [4.78, 5) is 14.6. The molecule has 0 spiro atoms. The first kappa shape index (κ1) is 19.4. The first-order valence-electron chi connectivity index (χ1n) is 9.26. The second kappa shape index (κ2) is 7.72. The van der Waals surface area contributed by atoms with Crippen molar-refractivity contribution in [3.8, 4) is 0 Å². The fourth-order valence-electron chi connectivity index (χ4n) is 3.35. The first-order valence-corrected chi connectivity index (χ1v) is 10.7. The lowest BCUT2D eigenvalue weighted by Crippen LogP contribution is -2.39. The van der Waals surface area contributed by atoms with Crippen LogP contribution in [0.1, 0.15) is 41.3 Å². The summed E-state index contributed by atoms with van der Waals surface area (Å²) in [6, 6.07) is 11.6. The standard InChI is InChI=1S/C21H26N2O3S/c1-15-5-4-12-23(14-15)21(24)18-7-10-20(11-8-18)27(25,26)22-19-9-6-16(2)17(3)13-19/h6-11,13,15,22H,4-5,12,14H2,1-3H3. The predicted octanol–water partition coefficient (Wildman–Crippen LogP) is 3.98. The number of anilines is 1. The number of hydrogen-bond acceptors (Lipinski definition) is 3. The second-order valence-electron chi connectivity index (χ2n) is 7.43. The highest BCUT2D eigenvalue weighted by Crippen LogP contribution is 2.21. The van der Waals surface area contributed by atoms with Gasteiger partial charge in [0, 0.05) is 24.3 Å². The van der Waals surface area contributed by atoms with Gasteiger partial charge in [0.15, 0.2) is 0 Å². The van der Waals surface area contributed by atoms with Crippen molar-refractivity contribution in [2.45, 2.75) is 38.5 Å². The molecule has 0 radical (unpaired) electrons. The summed E-state index contributed by atoms with van der Waals surface area (Å²) in [5.74, 6) is 0.470. The van der Waals surface area contributed by atoms with E-state index in [0.29, 0.717) is 17.2 Å². The number of likely N-dealkylation sites (tertiary alicyclic amines) is 1. The highest BCUT2D eigenvalue weighted by Gasteiger charge is 2.22. The van der Waals surface area contributed by atoms with E-state index in [1.807, 2.05) is 30.9 Å². The molecule has 0 aliphatic carbocycles. The number of piperidine rings is 1. The van der Waals surface area contributed by atoms with E-state index in [1.165, 1.54) is 12.1 Å². The number of carbonyl (C=O) groups is 1. The van der Waals surface area contributed by atoms with Crippen LogP contribution in [0.4, 0.5) is 5.69 Å². The third-order valence-electron chi connectivity index (χ3n) is 5.11. The van der Waals surface area contributed by atoms with E-state index >= 15 is 0 Å². The van der Waals surface area contributed by atoms with Crippen LogP contribution in [-0.4, -0.2) is 32.3 Å². The Bertz CT molecular complexity index is 936. The molecule has 1 atom stereocenters. The number of benzene rings is 2. The molecule has 2 aromatic carbocycles. The highest BCUT2D eigenvalue weighted by molar-refractivity contribution is 7.92. The average molecular weight is 387 g/mol. The number of nitrogens with zero attached hydrogens (tertiary/aromatic N) is 1. The van der Waals surface area contributed by atoms with Crippen molar-refractivity contribution >= 4 is 21.6 Å². The van der Waals surface area contributed by atoms with Crippen molar-refractivity contribution in [1.82, 2.24) is 4.90 Å². The fourth-order valence-corrected chi connectivity index (χ4v) is 4.40. The van der Waals surface area contributed by atoms with Gasteiger partial charge in [0.25, 0.3) is 15.9 Å². The Morgan fingerprint density at radius 2 is 1.78 bits per heavy atom. The summed E-state index contributed by atoms with van der Waals surface area (Å²) >= 11 is 0. The van der Waals surface area contributed by atoms with Gasteiger partial charge >= 0.3 is 0 Å². The van der Waals surface area contributed by atoms with E-state index < -0.39 is 10.0 Å². The monoisotopic (exact) mass is 386 g/mol. The Morgan fingerprint density at radius 1 is 1.07 bits per heavy atom. The molecule has 1 aliphatic rings. The van der Waals surface area contributed by atoms with E-state index in [2.05, 4.69) is 11.6 Å². The average Bonchev–Trinajstić information content (AvgIpc) is 2.64. The van der Waals surface area contributed by atoms with E-state index in [0.717, 1.165) is 37.1 Å². The Hall–Kier alpha value is -2.34. The van der Waals surface area contributed by atoms with Crippen molar-refractivity contribution in [2.24, 2.45) is 5.92 Å². The van der Waals surface area contributed by atoms with Gasteiger partial charge in [-0.25, -0.2) is 8.42 Å². The first-order chi connectivity index (χ1) is 12.8. The molecule has 1 aliphatic heterocycles. The number of rotatable bonds is 4. The zero-order valence-electron chi connectivity index (χ0n) is 16.0. The van der Waals surface area contributed by atoms with Crippen LogP contribution < -0.4 is 4.72 Å². The van der Waals surface area contributed by atoms with Gasteiger partial charge in [-0.1, -0.05) is 13.0 Å². The molecule has 3 rings (SSSR count). The van der Waals surface area contributed by atoms with Gasteiger partial charge in [-0.05, 0) is 80.1 Å². The number of hydrogen-bond donors (Lipinski definition) is 1. The summed E-state index contributed by atoms with van der Waals surface area (Å²) in [5.41, 5.74) is 3.18. The lowest BCUT2D eigenvalue weighted by molar-refractivity contribution is 0.0683. The minimum atomic E-state index is -3.69. The zero-order valence-corrected chi connectivity index (χ0v) is 16.8. The van der Waals surface area contributed by atoms with Crippen LogP contribution in [0, 0.1) is 19.8 Å². The Labute approximate surface area is 161 Å². The van der Waals surface area contributed by atoms with E-state index in [9.17, 15) is 13.2 Å². The molecule has 6 heteroatoms. The Balaban J connectivity index is 1.75. The van der Waals surface area contributed by atoms with Crippen molar-refractivity contribution < 1.29 is 13.2 Å². The maximum absolute atomic E-state index is 12.6. The van der Waals surface area contributed by atoms with Gasteiger partial charge in [0.05, 0.1) is 4.90 Å². The number of sulfonamides is 1. The summed E-state index contributed by atoms with van der Waals surface area (Å²) in [6.07, 6.45) is 2.16. The molecule has 1 saturated heterocycles. The van der Waals surface area contributed by atoms with Crippen molar-refractivity contribution in [1.29, 1.82) is 0 Å². The summed E-state index contributed by atoms with van der Waals surface area (Å²) in [5, 5.41) is 0. The van der Waals surface area contributed by atoms with Crippen LogP contribution in [0.25, 0.3) is 0 Å². The number of amides is 1. The van der Waals surface area contributed by atoms with Crippen LogP contribution in [-0.2, 0) is 10.0 Å². The molecule has 1 heterocycles. The zero-order chi connectivity index (χ0) is 19.6. The molecule has 1 N–H and O–H groups in total. The minimum absolute atomic E-state index is 0.0346. The molecule has 0 aromatic heterocycles. The molecule has 1 fully saturated rings. The van der Waals surface area contributed by atoms with E-state index in [1.54, 1.807) is 18.2 Å². The van der Waals surface area contributed by atoms with Gasteiger partial charge in [0.1, 0.15) is 0 Å². The lowest BCUT2D eigenvalue weighted by Gasteiger charge is -2.31. The van der Waals surface area contributed by atoms with Crippen LogP contribution in [0.3, 0.4) is 0 Å². The lowest BCUT2D eigenvalue weighted by atomic mass is 9.99. The van der Waals surface area contributed by atoms with Crippen LogP contribution >= 0.6 is 0 Å². The van der Waals surface area contributed by atoms with Crippen LogP contribution in [0.15, 0.2) is 47.4 Å². The molecule has 5 nitrogen and oxygen atoms in total. The molecule has 2 aromatic rings. The quantitative estimate of drug-likeness (QED) is 0.864. The summed E-state index contributed by atoms with van der Waals surface area (Å²) in [6.45, 7) is 7.58. The van der Waals surface area contributed by atoms with Gasteiger partial charge in [-0.15, -0.1) is 0 Å². The SMILES string of the molecule is Cc1ccc(NS(=O)(=O)c2ccc(C(=O)N3CCCC(C)C3)cc2)cc1C. The Morgan fingerprint density at radius 3 is 2.41 bits per heavy atom. The van der Waals surface area contributed by atoms with Gasteiger partial charge in [-0.2, -0.15) is 0 Å². The molecule has 0 bridgehead atoms. The largest absolute Gasteiger partial charge is 0.338 e. The molecular weight excluding hydrogens is 360 g/mol. The minimum Gasteiger partial charge on any atom is -0.338 e. The van der Waals surface area contributed by atoms with Crippen molar-refractivity contribution in [2.75, 3.05) is 17.8 Å². The molecule has 1 unspecified atom stereocenters. The van der Waals surface area contributed by atoms with Gasteiger partial charge in [0.2, 0.25) is 0 Å². The van der Waals surface area contributed by atoms with E-state index in [-0.39, 0.29) is 10.8 Å². The highest BCUT2D eigenvalue weighted by atomic mass is 32.2. The number of carbonyl (C=O) groups excluding carboxylic acids is 1. The maximum Gasteiger partial charge on any atom is 0.261 e. The third-order valence-corrected chi connectivity index (χ3v) is 6.51. The third kappa shape index (κ3) is 4.50.